The molecule has 1 atom stereocenters. The van der Waals surface area contributed by atoms with E-state index >= 15 is 0 Å². The van der Waals surface area contributed by atoms with Crippen LogP contribution in [0.3, 0.4) is 0 Å². The molecule has 0 saturated carbocycles. The minimum Gasteiger partial charge on any atom is -0.340 e. The minimum atomic E-state index is -0.0538. The van der Waals surface area contributed by atoms with Crippen molar-refractivity contribution in [2.75, 3.05) is 6.54 Å². The maximum absolute atomic E-state index is 12.3. The van der Waals surface area contributed by atoms with E-state index in [4.69, 9.17) is 11.6 Å². The summed E-state index contributed by atoms with van der Waals surface area (Å²) in [7, 11) is 0. The number of carbonyl (C=O) groups excluding carboxylic acids is 1. The van der Waals surface area contributed by atoms with Crippen molar-refractivity contribution in [1.29, 1.82) is 0 Å². The van der Waals surface area contributed by atoms with Crippen molar-refractivity contribution < 1.29 is 4.79 Å². The van der Waals surface area contributed by atoms with Gasteiger partial charge in [-0.25, -0.2) is 9.78 Å². The molecule has 0 saturated heterocycles. The first-order chi connectivity index (χ1) is 10.7. The van der Waals surface area contributed by atoms with Gasteiger partial charge in [0.15, 0.2) is 0 Å². The SMILES string of the molecule is CCC[C@H]1C=CCN1C(=O)NCc1nc2ccc(Cl)cc2[nH]1. The molecule has 2 amide bonds. The summed E-state index contributed by atoms with van der Waals surface area (Å²) >= 11 is 5.96. The van der Waals surface area contributed by atoms with Crippen LogP contribution in [0.2, 0.25) is 5.02 Å². The zero-order chi connectivity index (χ0) is 15.5. The van der Waals surface area contributed by atoms with E-state index in [9.17, 15) is 4.79 Å². The highest BCUT2D eigenvalue weighted by Crippen LogP contribution is 2.18. The molecular formula is C16H19ClN4O. The fourth-order valence-corrected chi connectivity index (χ4v) is 2.90. The van der Waals surface area contributed by atoms with Crippen molar-refractivity contribution in [2.45, 2.75) is 32.4 Å². The Hall–Kier alpha value is -2.01. The van der Waals surface area contributed by atoms with Crippen molar-refractivity contribution in [2.24, 2.45) is 0 Å². The molecule has 0 radical (unpaired) electrons. The lowest BCUT2D eigenvalue weighted by Crippen LogP contribution is -2.43. The Morgan fingerprint density at radius 2 is 2.41 bits per heavy atom. The van der Waals surface area contributed by atoms with Gasteiger partial charge < -0.3 is 15.2 Å². The molecule has 0 fully saturated rings. The van der Waals surface area contributed by atoms with Gasteiger partial charge in [0.2, 0.25) is 0 Å². The van der Waals surface area contributed by atoms with E-state index in [0.29, 0.717) is 18.1 Å². The molecule has 22 heavy (non-hydrogen) atoms. The monoisotopic (exact) mass is 318 g/mol. The Bertz CT molecular complexity index is 709. The van der Waals surface area contributed by atoms with Gasteiger partial charge in [-0.05, 0) is 24.6 Å². The maximum atomic E-state index is 12.3. The lowest BCUT2D eigenvalue weighted by molar-refractivity contribution is 0.194. The summed E-state index contributed by atoms with van der Waals surface area (Å²) in [5, 5.41) is 3.59. The molecule has 0 bridgehead atoms. The lowest BCUT2D eigenvalue weighted by atomic mass is 10.2. The second-order valence-electron chi connectivity index (χ2n) is 5.44. The van der Waals surface area contributed by atoms with Crippen molar-refractivity contribution in [3.63, 3.8) is 0 Å². The number of H-pyrrole nitrogens is 1. The number of benzene rings is 1. The number of halogens is 1. The summed E-state index contributed by atoms with van der Waals surface area (Å²) < 4.78 is 0. The van der Waals surface area contributed by atoms with E-state index in [2.05, 4.69) is 28.3 Å². The first-order valence-corrected chi connectivity index (χ1v) is 7.90. The minimum absolute atomic E-state index is 0.0538. The predicted molar refractivity (Wildman–Crippen MR) is 87.9 cm³/mol. The summed E-state index contributed by atoms with van der Waals surface area (Å²) in [6.45, 7) is 3.18. The average Bonchev–Trinajstić information content (AvgIpc) is 3.11. The van der Waals surface area contributed by atoms with Gasteiger partial charge in [0.25, 0.3) is 0 Å². The van der Waals surface area contributed by atoms with E-state index in [1.807, 2.05) is 23.1 Å². The Morgan fingerprint density at radius 3 is 3.23 bits per heavy atom. The quantitative estimate of drug-likeness (QED) is 0.848. The summed E-state index contributed by atoms with van der Waals surface area (Å²) in [5.41, 5.74) is 1.73. The molecule has 1 aromatic heterocycles. The highest BCUT2D eigenvalue weighted by Gasteiger charge is 2.23. The predicted octanol–water partition coefficient (Wildman–Crippen LogP) is 3.47. The van der Waals surface area contributed by atoms with Crippen molar-refractivity contribution in [3.8, 4) is 0 Å². The number of fused-ring (bicyclic) bond motifs is 1. The van der Waals surface area contributed by atoms with E-state index in [1.165, 1.54) is 0 Å². The standard InChI is InChI=1S/C16H19ClN4O/c1-2-4-12-5-3-8-21(12)16(22)18-10-15-19-13-7-6-11(17)9-14(13)20-15/h3,5-7,9,12H,2,4,8,10H2,1H3,(H,18,22)(H,19,20)/t12-/m0/s1. The first-order valence-electron chi connectivity index (χ1n) is 7.52. The van der Waals surface area contributed by atoms with E-state index < -0.39 is 0 Å². The molecule has 5 nitrogen and oxygen atoms in total. The number of hydrogen-bond donors (Lipinski definition) is 2. The summed E-state index contributed by atoms with van der Waals surface area (Å²) in [5.74, 6) is 0.727. The van der Waals surface area contributed by atoms with Gasteiger partial charge in [0.05, 0.1) is 23.6 Å². The van der Waals surface area contributed by atoms with Crippen molar-refractivity contribution in [3.05, 3.63) is 41.2 Å². The molecule has 2 aromatic rings. The molecule has 1 aliphatic heterocycles. The summed E-state index contributed by atoms with van der Waals surface area (Å²) in [6, 6.07) is 5.65. The molecule has 0 spiro atoms. The molecule has 0 unspecified atom stereocenters. The first kappa shape index (κ1) is 14.9. The van der Waals surface area contributed by atoms with Gasteiger partial charge in [0.1, 0.15) is 5.82 Å². The molecular weight excluding hydrogens is 300 g/mol. The van der Waals surface area contributed by atoms with Crippen LogP contribution in [0, 0.1) is 0 Å². The van der Waals surface area contributed by atoms with Crippen LogP contribution in [0.5, 0.6) is 0 Å². The number of hydrogen-bond acceptors (Lipinski definition) is 2. The molecule has 2 heterocycles. The number of nitrogens with one attached hydrogen (secondary N) is 2. The van der Waals surface area contributed by atoms with Crippen LogP contribution in [0.15, 0.2) is 30.4 Å². The fraction of sp³-hybridized carbons (Fsp3) is 0.375. The molecule has 3 rings (SSSR count). The van der Waals surface area contributed by atoms with Crippen LogP contribution in [0.4, 0.5) is 4.79 Å². The number of aromatic amines is 1. The summed E-state index contributed by atoms with van der Waals surface area (Å²) in [4.78, 5) is 21.8. The number of carbonyl (C=O) groups is 1. The molecule has 116 valence electrons. The van der Waals surface area contributed by atoms with E-state index in [-0.39, 0.29) is 12.1 Å². The zero-order valence-corrected chi connectivity index (χ0v) is 13.2. The smallest absolute Gasteiger partial charge is 0.318 e. The number of rotatable bonds is 4. The van der Waals surface area contributed by atoms with Gasteiger partial charge >= 0.3 is 6.03 Å². The van der Waals surface area contributed by atoms with E-state index in [0.717, 1.165) is 29.7 Å². The zero-order valence-electron chi connectivity index (χ0n) is 12.5. The van der Waals surface area contributed by atoms with Crippen LogP contribution < -0.4 is 5.32 Å². The van der Waals surface area contributed by atoms with Crippen molar-refractivity contribution >= 4 is 28.7 Å². The van der Waals surface area contributed by atoms with Crippen LogP contribution in [0.25, 0.3) is 11.0 Å². The van der Waals surface area contributed by atoms with Crippen LogP contribution in [0.1, 0.15) is 25.6 Å². The molecule has 2 N–H and O–H groups in total. The normalized spacial score (nSPS) is 17.4. The number of aromatic nitrogens is 2. The van der Waals surface area contributed by atoms with Crippen molar-refractivity contribution in [1.82, 2.24) is 20.2 Å². The van der Waals surface area contributed by atoms with Gasteiger partial charge in [-0.3, -0.25) is 0 Å². The lowest BCUT2D eigenvalue weighted by Gasteiger charge is -2.24. The second kappa shape index (κ2) is 6.40. The highest BCUT2D eigenvalue weighted by molar-refractivity contribution is 6.31. The number of urea groups is 1. The van der Waals surface area contributed by atoms with E-state index in [1.54, 1.807) is 6.07 Å². The van der Waals surface area contributed by atoms with Gasteiger partial charge in [0, 0.05) is 11.6 Å². The second-order valence-corrected chi connectivity index (χ2v) is 5.88. The third-order valence-electron chi connectivity index (χ3n) is 3.81. The molecule has 1 aliphatic rings. The Labute approximate surface area is 134 Å². The van der Waals surface area contributed by atoms with Crippen LogP contribution >= 0.6 is 11.6 Å². The maximum Gasteiger partial charge on any atom is 0.318 e. The molecule has 1 aromatic carbocycles. The van der Waals surface area contributed by atoms with Crippen LogP contribution in [-0.4, -0.2) is 33.5 Å². The topological polar surface area (TPSA) is 61.0 Å². The number of amides is 2. The third kappa shape index (κ3) is 3.09. The Balaban J connectivity index is 1.62. The molecule has 6 heteroatoms. The molecule has 0 aliphatic carbocycles. The Kier molecular flexibility index (Phi) is 4.34. The highest BCUT2D eigenvalue weighted by atomic mass is 35.5. The largest absolute Gasteiger partial charge is 0.340 e. The van der Waals surface area contributed by atoms with Gasteiger partial charge in [-0.15, -0.1) is 0 Å². The van der Waals surface area contributed by atoms with Gasteiger partial charge in [-0.1, -0.05) is 37.1 Å². The number of imidazole rings is 1. The van der Waals surface area contributed by atoms with Crippen LogP contribution in [-0.2, 0) is 6.54 Å². The average molecular weight is 319 g/mol. The Morgan fingerprint density at radius 1 is 1.55 bits per heavy atom. The number of nitrogens with zero attached hydrogens (tertiary/aromatic N) is 2. The third-order valence-corrected chi connectivity index (χ3v) is 4.04. The summed E-state index contributed by atoms with van der Waals surface area (Å²) in [6.07, 6.45) is 6.20. The fourth-order valence-electron chi connectivity index (χ4n) is 2.73. The van der Waals surface area contributed by atoms with Gasteiger partial charge in [-0.2, -0.15) is 0 Å².